The normalized spacial score (nSPS) is 10.7. The number of hydrogen-bond acceptors (Lipinski definition) is 4. The van der Waals surface area contributed by atoms with Gasteiger partial charge in [-0.1, -0.05) is 12.1 Å². The molecule has 0 amide bonds. The molecule has 1 aromatic carbocycles. The zero-order valence-corrected chi connectivity index (χ0v) is 12.4. The van der Waals surface area contributed by atoms with Crippen molar-refractivity contribution in [3.05, 3.63) is 52.6 Å². The molecule has 6 nitrogen and oxygen atoms in total. The highest BCUT2D eigenvalue weighted by atomic mass is 16.1. The first-order chi connectivity index (χ1) is 9.91. The summed E-state index contributed by atoms with van der Waals surface area (Å²) in [7, 11) is 1.77. The molecule has 0 radical (unpaired) electrons. The minimum absolute atomic E-state index is 0.00846. The number of benzene rings is 1. The van der Waals surface area contributed by atoms with Gasteiger partial charge >= 0.3 is 0 Å². The Kier molecular flexibility index (Phi) is 4.07. The minimum atomic E-state index is -0.150. The van der Waals surface area contributed by atoms with E-state index >= 15 is 0 Å². The van der Waals surface area contributed by atoms with Crippen LogP contribution >= 0.6 is 0 Å². The van der Waals surface area contributed by atoms with Crippen LogP contribution in [-0.4, -0.2) is 22.4 Å². The second kappa shape index (κ2) is 5.78. The zero-order chi connectivity index (χ0) is 15.6. The van der Waals surface area contributed by atoms with Gasteiger partial charge in [0.05, 0.1) is 0 Å². The van der Waals surface area contributed by atoms with Crippen LogP contribution in [0, 0.1) is 5.41 Å². The van der Waals surface area contributed by atoms with Crippen molar-refractivity contribution in [2.75, 3.05) is 11.9 Å². The van der Waals surface area contributed by atoms with E-state index in [2.05, 4.69) is 4.98 Å². The molecule has 1 heterocycles. The molecule has 0 unspecified atom stereocenters. The molecular weight excluding hydrogens is 266 g/mol. The fourth-order valence-corrected chi connectivity index (χ4v) is 2.06. The van der Waals surface area contributed by atoms with Gasteiger partial charge < -0.3 is 15.2 Å². The fourth-order valence-electron chi connectivity index (χ4n) is 2.06. The molecule has 3 N–H and O–H groups in total. The summed E-state index contributed by atoms with van der Waals surface area (Å²) in [6.45, 7) is 3.89. The van der Waals surface area contributed by atoms with Crippen LogP contribution in [0.15, 0.2) is 41.5 Å². The Morgan fingerprint density at radius 1 is 1.43 bits per heavy atom. The minimum Gasteiger partial charge on any atom is -0.384 e. The third-order valence-corrected chi connectivity index (χ3v) is 3.27. The van der Waals surface area contributed by atoms with Crippen LogP contribution < -0.4 is 16.2 Å². The van der Waals surface area contributed by atoms with Crippen LogP contribution in [0.5, 0.6) is 0 Å². The molecule has 6 heteroatoms. The van der Waals surface area contributed by atoms with E-state index in [0.29, 0.717) is 11.4 Å². The molecule has 0 atom stereocenters. The van der Waals surface area contributed by atoms with E-state index in [1.165, 1.54) is 0 Å². The van der Waals surface area contributed by atoms with E-state index in [1.807, 2.05) is 19.9 Å². The Hall–Kier alpha value is -2.63. The number of nitrogens with one attached hydrogen (secondary N) is 1. The van der Waals surface area contributed by atoms with Crippen molar-refractivity contribution in [1.82, 2.24) is 9.55 Å². The highest BCUT2D eigenvalue weighted by Crippen LogP contribution is 2.20. The van der Waals surface area contributed by atoms with Gasteiger partial charge in [0.1, 0.15) is 5.84 Å². The van der Waals surface area contributed by atoms with Gasteiger partial charge in [-0.3, -0.25) is 10.2 Å². The molecule has 21 heavy (non-hydrogen) atoms. The first kappa shape index (κ1) is 14.8. The third kappa shape index (κ3) is 2.94. The Bertz CT molecular complexity index is 720. The lowest BCUT2D eigenvalue weighted by atomic mass is 10.2. The molecular formula is C15H19N5O. The molecule has 0 aliphatic heterocycles. The third-order valence-electron chi connectivity index (χ3n) is 3.27. The predicted molar refractivity (Wildman–Crippen MR) is 84.4 cm³/mol. The predicted octanol–water partition coefficient (Wildman–Crippen LogP) is 1.88. The van der Waals surface area contributed by atoms with E-state index in [-0.39, 0.29) is 17.4 Å². The summed E-state index contributed by atoms with van der Waals surface area (Å²) >= 11 is 0. The molecule has 2 aromatic rings. The first-order valence-corrected chi connectivity index (χ1v) is 6.67. The largest absolute Gasteiger partial charge is 0.384 e. The molecule has 0 bridgehead atoms. The summed E-state index contributed by atoms with van der Waals surface area (Å²) in [6.07, 6.45) is 3.29. The summed E-state index contributed by atoms with van der Waals surface area (Å²) in [5, 5.41) is 7.49. The maximum absolute atomic E-state index is 12.4. The average molecular weight is 285 g/mol. The summed E-state index contributed by atoms with van der Waals surface area (Å²) in [6, 6.07) is 7.23. The summed E-state index contributed by atoms with van der Waals surface area (Å²) in [4.78, 5) is 18.3. The SMILES string of the molecule is CC(C)n1ccnc(N(C)c2cccc(C(=N)N)c2)c1=O. The Labute approximate surface area is 123 Å². The number of rotatable bonds is 4. The maximum atomic E-state index is 12.4. The Morgan fingerprint density at radius 3 is 2.76 bits per heavy atom. The molecule has 110 valence electrons. The van der Waals surface area contributed by atoms with Crippen molar-refractivity contribution < 1.29 is 0 Å². The lowest BCUT2D eigenvalue weighted by Gasteiger charge is -2.20. The number of anilines is 2. The van der Waals surface area contributed by atoms with Gasteiger partial charge in [-0.2, -0.15) is 0 Å². The summed E-state index contributed by atoms with van der Waals surface area (Å²) < 4.78 is 1.63. The first-order valence-electron chi connectivity index (χ1n) is 6.67. The lowest BCUT2D eigenvalue weighted by Crippen LogP contribution is -2.29. The number of nitrogen functional groups attached to an aromatic ring is 1. The van der Waals surface area contributed by atoms with E-state index < -0.39 is 0 Å². The van der Waals surface area contributed by atoms with Crippen LogP contribution in [0.3, 0.4) is 0 Å². The van der Waals surface area contributed by atoms with Crippen molar-refractivity contribution in [2.24, 2.45) is 5.73 Å². The second-order valence-electron chi connectivity index (χ2n) is 5.08. The molecule has 0 spiro atoms. The van der Waals surface area contributed by atoms with Crippen LogP contribution in [0.1, 0.15) is 25.5 Å². The second-order valence-corrected chi connectivity index (χ2v) is 5.08. The number of amidine groups is 1. The maximum Gasteiger partial charge on any atom is 0.294 e. The average Bonchev–Trinajstić information content (AvgIpc) is 2.46. The van der Waals surface area contributed by atoms with Crippen molar-refractivity contribution in [2.45, 2.75) is 19.9 Å². The van der Waals surface area contributed by atoms with Gasteiger partial charge in [-0.05, 0) is 26.0 Å². The lowest BCUT2D eigenvalue weighted by molar-refractivity contribution is 0.574. The van der Waals surface area contributed by atoms with Crippen LogP contribution in [-0.2, 0) is 0 Å². The Morgan fingerprint density at radius 2 is 2.14 bits per heavy atom. The fraction of sp³-hybridized carbons (Fsp3) is 0.267. The van der Waals surface area contributed by atoms with Crippen molar-refractivity contribution in [1.29, 1.82) is 5.41 Å². The standard InChI is InChI=1S/C15H19N5O/c1-10(2)20-8-7-18-14(15(20)21)19(3)12-6-4-5-11(9-12)13(16)17/h4-10H,1-3H3,(H3,16,17). The van der Waals surface area contributed by atoms with Gasteiger partial charge in [-0.25, -0.2) is 4.98 Å². The topological polar surface area (TPSA) is 88.0 Å². The number of aromatic nitrogens is 2. The Balaban J connectivity index is 2.48. The highest BCUT2D eigenvalue weighted by Gasteiger charge is 2.13. The highest BCUT2D eigenvalue weighted by molar-refractivity contribution is 5.95. The number of hydrogen-bond donors (Lipinski definition) is 2. The van der Waals surface area contributed by atoms with Crippen LogP contribution in [0.25, 0.3) is 0 Å². The van der Waals surface area contributed by atoms with Crippen LogP contribution in [0.4, 0.5) is 11.5 Å². The molecule has 0 aliphatic carbocycles. The quantitative estimate of drug-likeness (QED) is 0.663. The number of nitrogens with zero attached hydrogens (tertiary/aromatic N) is 3. The molecule has 1 aromatic heterocycles. The van der Waals surface area contributed by atoms with Gasteiger partial charge in [0.25, 0.3) is 5.56 Å². The van der Waals surface area contributed by atoms with E-state index in [4.69, 9.17) is 11.1 Å². The molecule has 0 fully saturated rings. The van der Waals surface area contributed by atoms with E-state index in [1.54, 1.807) is 47.1 Å². The number of nitrogens with two attached hydrogens (primary N) is 1. The summed E-state index contributed by atoms with van der Waals surface area (Å²) in [5.41, 5.74) is 6.72. The van der Waals surface area contributed by atoms with Gasteiger partial charge in [0.15, 0.2) is 5.82 Å². The van der Waals surface area contributed by atoms with Crippen molar-refractivity contribution >= 4 is 17.3 Å². The molecule has 2 rings (SSSR count). The van der Waals surface area contributed by atoms with Crippen molar-refractivity contribution in [3.8, 4) is 0 Å². The van der Waals surface area contributed by atoms with Crippen LogP contribution in [0.2, 0.25) is 0 Å². The van der Waals surface area contributed by atoms with Gasteiger partial charge in [-0.15, -0.1) is 0 Å². The zero-order valence-electron chi connectivity index (χ0n) is 12.4. The van der Waals surface area contributed by atoms with Gasteiger partial charge in [0, 0.05) is 36.7 Å². The van der Waals surface area contributed by atoms with Crippen molar-refractivity contribution in [3.63, 3.8) is 0 Å². The van der Waals surface area contributed by atoms with E-state index in [0.717, 1.165) is 5.69 Å². The van der Waals surface area contributed by atoms with Gasteiger partial charge in [0.2, 0.25) is 0 Å². The molecule has 0 saturated carbocycles. The molecule has 0 aliphatic rings. The van der Waals surface area contributed by atoms with E-state index in [9.17, 15) is 4.79 Å². The summed E-state index contributed by atoms with van der Waals surface area (Å²) in [5.74, 6) is 0.331. The molecule has 0 saturated heterocycles. The smallest absolute Gasteiger partial charge is 0.294 e. The monoisotopic (exact) mass is 285 g/mol.